The highest BCUT2D eigenvalue weighted by Crippen LogP contribution is 2.39. The van der Waals surface area contributed by atoms with Crippen molar-refractivity contribution in [1.82, 2.24) is 15.2 Å². The third-order valence-corrected chi connectivity index (χ3v) is 7.48. The highest BCUT2D eigenvalue weighted by molar-refractivity contribution is 6.32. The van der Waals surface area contributed by atoms with Gasteiger partial charge in [-0.05, 0) is 74.0 Å². The SMILES string of the molecule is COc1cc2c(Oc3ccc(NC(=O)NCCC(C)(C)C)cc3Cl)ccnc2cc1OCCN1CCC(CO)CC1. The fourth-order valence-corrected chi connectivity index (χ4v) is 4.89. The van der Waals surface area contributed by atoms with Gasteiger partial charge in [0, 0.05) is 43.0 Å². The van der Waals surface area contributed by atoms with Crippen LogP contribution in [0.1, 0.15) is 40.0 Å². The molecule has 3 N–H and O–H groups in total. The van der Waals surface area contributed by atoms with Crippen molar-refractivity contribution in [3.05, 3.63) is 47.6 Å². The van der Waals surface area contributed by atoms with Gasteiger partial charge in [-0.3, -0.25) is 9.88 Å². The minimum Gasteiger partial charge on any atom is -0.493 e. The van der Waals surface area contributed by atoms with E-state index in [0.717, 1.165) is 44.3 Å². The number of nitrogens with zero attached hydrogens (tertiary/aromatic N) is 2. The minimum absolute atomic E-state index is 0.143. The Kier molecular flexibility index (Phi) is 10.5. The number of carbonyl (C=O) groups excluding carboxylic acids is 1. The molecule has 4 rings (SSSR count). The van der Waals surface area contributed by atoms with Crippen LogP contribution in [0.4, 0.5) is 10.5 Å². The number of carbonyl (C=O) groups is 1. The Balaban J connectivity index is 1.40. The Morgan fingerprint density at radius 2 is 1.88 bits per heavy atom. The summed E-state index contributed by atoms with van der Waals surface area (Å²) in [5.41, 5.74) is 1.41. The van der Waals surface area contributed by atoms with Gasteiger partial charge in [0.05, 0.1) is 17.6 Å². The van der Waals surface area contributed by atoms with Gasteiger partial charge in [-0.2, -0.15) is 0 Å². The Morgan fingerprint density at radius 3 is 2.56 bits per heavy atom. The van der Waals surface area contributed by atoms with Gasteiger partial charge in [-0.15, -0.1) is 0 Å². The number of anilines is 1. The molecular weight excluding hydrogens is 544 g/mol. The number of hydrogen-bond acceptors (Lipinski definition) is 7. The number of fused-ring (bicyclic) bond motifs is 1. The van der Waals surface area contributed by atoms with Gasteiger partial charge in [0.25, 0.3) is 0 Å². The van der Waals surface area contributed by atoms with Gasteiger partial charge >= 0.3 is 6.03 Å². The van der Waals surface area contributed by atoms with Gasteiger partial charge < -0.3 is 30.0 Å². The van der Waals surface area contributed by atoms with Crippen LogP contribution in [0, 0.1) is 11.3 Å². The first-order chi connectivity index (χ1) is 19.6. The first kappa shape index (κ1) is 30.7. The molecule has 1 fully saturated rings. The maximum absolute atomic E-state index is 12.3. The van der Waals surface area contributed by atoms with E-state index in [1.165, 1.54) is 0 Å². The molecule has 0 aliphatic carbocycles. The van der Waals surface area contributed by atoms with E-state index in [4.69, 9.17) is 25.8 Å². The van der Waals surface area contributed by atoms with E-state index < -0.39 is 0 Å². The quantitative estimate of drug-likeness (QED) is 0.242. The number of amides is 2. The summed E-state index contributed by atoms with van der Waals surface area (Å²) in [6.45, 7) is 10.5. The predicted molar refractivity (Wildman–Crippen MR) is 163 cm³/mol. The van der Waals surface area contributed by atoms with Crippen LogP contribution in [0.15, 0.2) is 42.6 Å². The fourth-order valence-electron chi connectivity index (χ4n) is 4.67. The van der Waals surface area contributed by atoms with E-state index in [1.54, 1.807) is 37.6 Å². The standard InChI is InChI=1S/C31H41ClN4O5/c1-31(2,3)10-12-34-30(38)35-22-5-6-27(24(32)17-22)41-26-7-11-33-25-19-29(28(39-4)18-23(25)26)40-16-15-36-13-8-21(20-37)9-14-36/h5-7,11,17-19,21,37H,8-10,12-16,20H2,1-4H3,(H2,34,35,38). The van der Waals surface area contributed by atoms with Gasteiger partial charge in [-0.1, -0.05) is 32.4 Å². The second kappa shape index (κ2) is 14.1. The van der Waals surface area contributed by atoms with E-state index in [9.17, 15) is 9.90 Å². The Morgan fingerprint density at radius 1 is 1.10 bits per heavy atom. The number of aliphatic hydroxyl groups is 1. The number of aromatic nitrogens is 1. The maximum Gasteiger partial charge on any atom is 0.319 e. The number of likely N-dealkylation sites (tertiary alicyclic amines) is 1. The summed E-state index contributed by atoms with van der Waals surface area (Å²) in [6, 6.07) is 10.3. The van der Waals surface area contributed by atoms with Crippen LogP contribution >= 0.6 is 11.6 Å². The van der Waals surface area contributed by atoms with Crippen molar-refractivity contribution in [3.8, 4) is 23.0 Å². The Bertz CT molecular complexity index is 1320. The predicted octanol–water partition coefficient (Wildman–Crippen LogP) is 6.33. The van der Waals surface area contributed by atoms with Gasteiger partial charge in [0.2, 0.25) is 0 Å². The Labute approximate surface area is 247 Å². The molecule has 10 heteroatoms. The number of halogens is 1. The molecule has 1 aliphatic rings. The lowest BCUT2D eigenvalue weighted by molar-refractivity contribution is 0.118. The lowest BCUT2D eigenvalue weighted by atomic mass is 9.92. The second-order valence-corrected chi connectivity index (χ2v) is 12.0. The molecule has 0 atom stereocenters. The van der Waals surface area contributed by atoms with Crippen LogP contribution in [0.5, 0.6) is 23.0 Å². The van der Waals surface area contributed by atoms with E-state index in [0.29, 0.717) is 58.3 Å². The molecule has 0 radical (unpaired) electrons. The summed E-state index contributed by atoms with van der Waals surface area (Å²) in [4.78, 5) is 19.1. The summed E-state index contributed by atoms with van der Waals surface area (Å²) in [5.74, 6) is 2.62. The average molecular weight is 585 g/mol. The summed E-state index contributed by atoms with van der Waals surface area (Å²) >= 11 is 6.53. The smallest absolute Gasteiger partial charge is 0.319 e. The summed E-state index contributed by atoms with van der Waals surface area (Å²) in [5, 5.41) is 16.1. The van der Waals surface area contributed by atoms with E-state index in [-0.39, 0.29) is 18.1 Å². The molecule has 1 aromatic heterocycles. The third kappa shape index (κ3) is 8.86. The largest absolute Gasteiger partial charge is 0.493 e. The van der Waals surface area contributed by atoms with Gasteiger partial charge in [0.1, 0.15) is 18.1 Å². The first-order valence-electron chi connectivity index (χ1n) is 14.1. The van der Waals surface area contributed by atoms with Crippen molar-refractivity contribution in [2.45, 2.75) is 40.0 Å². The van der Waals surface area contributed by atoms with Gasteiger partial charge in [0.15, 0.2) is 11.5 Å². The molecule has 2 aromatic carbocycles. The molecule has 222 valence electrons. The lowest BCUT2D eigenvalue weighted by Gasteiger charge is -2.30. The minimum atomic E-state index is -0.282. The van der Waals surface area contributed by atoms with Crippen molar-refractivity contribution in [2.24, 2.45) is 11.3 Å². The number of urea groups is 1. The number of rotatable bonds is 11. The number of methoxy groups -OCH3 is 1. The van der Waals surface area contributed by atoms with E-state index in [2.05, 4.69) is 41.3 Å². The zero-order chi connectivity index (χ0) is 29.4. The number of hydrogen-bond donors (Lipinski definition) is 3. The average Bonchev–Trinajstić information content (AvgIpc) is 2.94. The molecule has 1 aliphatic heterocycles. The molecule has 0 spiro atoms. The zero-order valence-corrected chi connectivity index (χ0v) is 25.1. The van der Waals surface area contributed by atoms with E-state index in [1.807, 2.05) is 12.1 Å². The molecule has 2 amide bonds. The van der Waals surface area contributed by atoms with Crippen molar-refractivity contribution >= 4 is 34.2 Å². The monoisotopic (exact) mass is 584 g/mol. The molecule has 2 heterocycles. The zero-order valence-electron chi connectivity index (χ0n) is 24.3. The first-order valence-corrected chi connectivity index (χ1v) is 14.5. The number of piperidine rings is 1. The highest BCUT2D eigenvalue weighted by atomic mass is 35.5. The van der Waals surface area contributed by atoms with Crippen LogP contribution < -0.4 is 24.8 Å². The second-order valence-electron chi connectivity index (χ2n) is 11.6. The number of pyridine rings is 1. The molecule has 9 nitrogen and oxygen atoms in total. The summed E-state index contributed by atoms with van der Waals surface area (Å²) < 4.78 is 17.9. The molecular formula is C31H41ClN4O5. The van der Waals surface area contributed by atoms with E-state index >= 15 is 0 Å². The number of aliphatic hydroxyl groups excluding tert-OH is 1. The molecule has 1 saturated heterocycles. The van der Waals surface area contributed by atoms with Gasteiger partial charge in [-0.25, -0.2) is 4.79 Å². The number of benzene rings is 2. The molecule has 0 saturated carbocycles. The van der Waals surface area contributed by atoms with Crippen molar-refractivity contribution in [2.75, 3.05) is 51.8 Å². The normalized spacial score (nSPS) is 14.6. The highest BCUT2D eigenvalue weighted by Gasteiger charge is 2.19. The topological polar surface area (TPSA) is 105 Å². The summed E-state index contributed by atoms with van der Waals surface area (Å²) in [7, 11) is 1.60. The van der Waals surface area contributed by atoms with Crippen molar-refractivity contribution in [1.29, 1.82) is 0 Å². The fraction of sp³-hybridized carbons (Fsp3) is 0.484. The molecule has 3 aromatic rings. The Hall–Kier alpha value is -3.27. The molecule has 0 bridgehead atoms. The number of nitrogens with one attached hydrogen (secondary N) is 2. The van der Waals surface area contributed by atoms with Crippen LogP contribution in [0.3, 0.4) is 0 Å². The third-order valence-electron chi connectivity index (χ3n) is 7.19. The molecule has 41 heavy (non-hydrogen) atoms. The summed E-state index contributed by atoms with van der Waals surface area (Å²) in [6.07, 6.45) is 4.57. The lowest BCUT2D eigenvalue weighted by Crippen LogP contribution is -2.37. The number of ether oxygens (including phenoxy) is 3. The van der Waals surface area contributed by atoms with Crippen LogP contribution in [0.2, 0.25) is 5.02 Å². The molecule has 0 unspecified atom stereocenters. The van der Waals surface area contributed by atoms with Crippen LogP contribution in [-0.4, -0.2) is 67.5 Å². The van der Waals surface area contributed by atoms with Crippen LogP contribution in [0.25, 0.3) is 10.9 Å². The maximum atomic E-state index is 12.3. The van der Waals surface area contributed by atoms with Crippen molar-refractivity contribution < 1.29 is 24.1 Å². The van der Waals surface area contributed by atoms with Crippen molar-refractivity contribution in [3.63, 3.8) is 0 Å². The van der Waals surface area contributed by atoms with Crippen LogP contribution in [-0.2, 0) is 0 Å².